The Kier molecular flexibility index (Phi) is 5.87. The summed E-state index contributed by atoms with van der Waals surface area (Å²) in [5.74, 6) is -2.62. The van der Waals surface area contributed by atoms with Gasteiger partial charge >= 0.3 is 23.9 Å². The van der Waals surface area contributed by atoms with Gasteiger partial charge in [0.15, 0.2) is 0 Å². The first-order chi connectivity index (χ1) is 7.90. The molecule has 1 heterocycles. The Hall–Kier alpha value is -2.50. The molecule has 6 nitrogen and oxygen atoms in total. The molecule has 17 heavy (non-hydrogen) atoms. The Bertz CT molecular complexity index is 368. The average molecular weight is 238 g/mol. The molecule has 0 saturated carbocycles. The van der Waals surface area contributed by atoms with Gasteiger partial charge < -0.3 is 9.47 Å². The van der Waals surface area contributed by atoms with Crippen LogP contribution >= 0.6 is 0 Å². The van der Waals surface area contributed by atoms with E-state index < -0.39 is 23.9 Å². The SMILES string of the molecule is C=C1CC(=O)OC1=O.C=CC(=O)OC(=O)C=C. The number of ether oxygens (including phenoxy) is 2. The van der Waals surface area contributed by atoms with Crippen molar-refractivity contribution in [1.29, 1.82) is 0 Å². The van der Waals surface area contributed by atoms with Gasteiger partial charge in [-0.25, -0.2) is 14.4 Å². The fraction of sp³-hybridized carbons (Fsp3) is 0.0909. The molecular formula is C11H10O6. The van der Waals surface area contributed by atoms with E-state index in [1.54, 1.807) is 0 Å². The highest BCUT2D eigenvalue weighted by molar-refractivity contribution is 6.05. The summed E-state index contributed by atoms with van der Waals surface area (Å²) in [5.41, 5.74) is 0.245. The number of esters is 4. The van der Waals surface area contributed by atoms with Crippen molar-refractivity contribution in [3.05, 3.63) is 37.5 Å². The van der Waals surface area contributed by atoms with Crippen molar-refractivity contribution < 1.29 is 28.7 Å². The molecule has 0 aromatic heterocycles. The van der Waals surface area contributed by atoms with Gasteiger partial charge in [-0.3, -0.25) is 4.79 Å². The van der Waals surface area contributed by atoms with Crippen LogP contribution in [0.4, 0.5) is 0 Å². The van der Waals surface area contributed by atoms with Gasteiger partial charge in [-0.1, -0.05) is 19.7 Å². The number of cyclic esters (lactones) is 2. The fourth-order valence-corrected chi connectivity index (χ4v) is 0.641. The summed E-state index contributed by atoms with van der Waals surface area (Å²) in [5, 5.41) is 0. The molecule has 1 saturated heterocycles. The van der Waals surface area contributed by atoms with Gasteiger partial charge in [0.25, 0.3) is 0 Å². The Labute approximate surface area is 97.2 Å². The van der Waals surface area contributed by atoms with Crippen LogP contribution in [0.1, 0.15) is 6.42 Å². The summed E-state index contributed by atoms with van der Waals surface area (Å²) in [6, 6.07) is 0. The number of hydrogen-bond donors (Lipinski definition) is 0. The molecule has 1 rings (SSSR count). The summed E-state index contributed by atoms with van der Waals surface area (Å²) >= 11 is 0. The number of rotatable bonds is 2. The smallest absolute Gasteiger partial charge is 0.341 e. The molecule has 0 radical (unpaired) electrons. The van der Waals surface area contributed by atoms with E-state index >= 15 is 0 Å². The maximum atomic E-state index is 10.2. The summed E-state index contributed by atoms with van der Waals surface area (Å²) in [6.45, 7) is 9.46. The molecule has 0 atom stereocenters. The zero-order valence-corrected chi connectivity index (χ0v) is 8.93. The van der Waals surface area contributed by atoms with E-state index in [-0.39, 0.29) is 12.0 Å². The van der Waals surface area contributed by atoms with Crippen LogP contribution in [0.5, 0.6) is 0 Å². The van der Waals surface area contributed by atoms with Crippen molar-refractivity contribution in [2.45, 2.75) is 6.42 Å². The van der Waals surface area contributed by atoms with E-state index in [0.29, 0.717) is 0 Å². The van der Waals surface area contributed by atoms with Gasteiger partial charge in [-0.05, 0) is 0 Å². The zero-order valence-electron chi connectivity index (χ0n) is 8.93. The molecular weight excluding hydrogens is 228 g/mol. The van der Waals surface area contributed by atoms with Crippen LogP contribution in [0.3, 0.4) is 0 Å². The largest absolute Gasteiger partial charge is 0.389 e. The Morgan fingerprint density at radius 1 is 1.18 bits per heavy atom. The minimum atomic E-state index is -0.764. The van der Waals surface area contributed by atoms with Gasteiger partial charge in [0, 0.05) is 17.7 Å². The Morgan fingerprint density at radius 3 is 1.82 bits per heavy atom. The molecule has 0 aromatic carbocycles. The predicted molar refractivity (Wildman–Crippen MR) is 56.3 cm³/mol. The number of hydrogen-bond acceptors (Lipinski definition) is 6. The van der Waals surface area contributed by atoms with Gasteiger partial charge in [0.05, 0.1) is 6.42 Å². The first-order valence-electron chi connectivity index (χ1n) is 4.34. The maximum absolute atomic E-state index is 10.2. The van der Waals surface area contributed by atoms with E-state index in [1.807, 2.05) is 0 Å². The molecule has 0 unspecified atom stereocenters. The molecule has 1 aliphatic heterocycles. The monoisotopic (exact) mass is 238 g/mol. The standard InChI is InChI=1S/C6H6O3.C5H4O3/c1-3-5(7)9-6(8)4-2;1-3-2-4(6)8-5(3)7/h3-4H,1-2H2;1-2H2. The molecule has 0 aliphatic carbocycles. The van der Waals surface area contributed by atoms with Gasteiger partial charge in [-0.2, -0.15) is 0 Å². The third-order valence-electron chi connectivity index (χ3n) is 1.39. The lowest BCUT2D eigenvalue weighted by atomic mass is 10.3. The van der Waals surface area contributed by atoms with Gasteiger partial charge in [0.2, 0.25) is 0 Å². The first kappa shape index (κ1) is 14.5. The highest BCUT2D eigenvalue weighted by Crippen LogP contribution is 2.10. The molecule has 0 bridgehead atoms. The van der Waals surface area contributed by atoms with E-state index in [2.05, 4.69) is 29.2 Å². The third kappa shape index (κ3) is 5.83. The molecule has 0 aromatic rings. The maximum Gasteiger partial charge on any atom is 0.341 e. The minimum Gasteiger partial charge on any atom is -0.389 e. The van der Waals surface area contributed by atoms with Gasteiger partial charge in [0.1, 0.15) is 0 Å². The van der Waals surface area contributed by atoms with Crippen LogP contribution in [-0.4, -0.2) is 23.9 Å². The van der Waals surface area contributed by atoms with Crippen molar-refractivity contribution in [2.24, 2.45) is 0 Å². The van der Waals surface area contributed by atoms with Crippen molar-refractivity contribution >= 4 is 23.9 Å². The van der Waals surface area contributed by atoms with Crippen LogP contribution in [0, 0.1) is 0 Å². The van der Waals surface area contributed by atoms with Crippen LogP contribution in [0.2, 0.25) is 0 Å². The second-order valence-electron chi connectivity index (χ2n) is 2.69. The topological polar surface area (TPSA) is 86.7 Å². The van der Waals surface area contributed by atoms with Crippen molar-refractivity contribution in [1.82, 2.24) is 0 Å². The summed E-state index contributed by atoms with van der Waals surface area (Å²) in [7, 11) is 0. The highest BCUT2D eigenvalue weighted by Gasteiger charge is 2.24. The fourth-order valence-electron chi connectivity index (χ4n) is 0.641. The van der Waals surface area contributed by atoms with E-state index in [9.17, 15) is 19.2 Å². The first-order valence-corrected chi connectivity index (χ1v) is 4.34. The molecule has 0 amide bonds. The van der Waals surface area contributed by atoms with Crippen molar-refractivity contribution in [3.63, 3.8) is 0 Å². The predicted octanol–water partition coefficient (Wildman–Crippen LogP) is 0.444. The van der Waals surface area contributed by atoms with Gasteiger partial charge in [-0.15, -0.1) is 0 Å². The normalized spacial score (nSPS) is 13.1. The second-order valence-corrected chi connectivity index (χ2v) is 2.69. The van der Waals surface area contributed by atoms with Crippen LogP contribution in [0.15, 0.2) is 37.5 Å². The quantitative estimate of drug-likeness (QED) is 0.394. The van der Waals surface area contributed by atoms with Crippen LogP contribution < -0.4 is 0 Å². The average Bonchev–Trinajstić information content (AvgIpc) is 2.56. The molecule has 0 N–H and O–H groups in total. The highest BCUT2D eigenvalue weighted by atomic mass is 16.6. The Balaban J connectivity index is 0.000000302. The molecule has 0 spiro atoms. The van der Waals surface area contributed by atoms with E-state index in [1.165, 1.54) is 0 Å². The minimum absolute atomic E-state index is 0.0544. The molecule has 1 fully saturated rings. The summed E-state index contributed by atoms with van der Waals surface area (Å²) < 4.78 is 8.13. The number of carbonyl (C=O) groups is 4. The van der Waals surface area contributed by atoms with E-state index in [4.69, 9.17) is 0 Å². The second kappa shape index (κ2) is 6.89. The van der Waals surface area contributed by atoms with Crippen LogP contribution in [-0.2, 0) is 28.7 Å². The Morgan fingerprint density at radius 2 is 1.65 bits per heavy atom. The molecule has 90 valence electrons. The van der Waals surface area contributed by atoms with E-state index in [0.717, 1.165) is 12.2 Å². The summed E-state index contributed by atoms with van der Waals surface area (Å²) in [6.07, 6.45) is 1.86. The molecule has 6 heteroatoms. The number of carbonyl (C=O) groups excluding carboxylic acids is 4. The molecule has 1 aliphatic rings. The van der Waals surface area contributed by atoms with Crippen molar-refractivity contribution in [3.8, 4) is 0 Å². The lowest BCUT2D eigenvalue weighted by Gasteiger charge is -1.90. The lowest BCUT2D eigenvalue weighted by Crippen LogP contribution is -2.05. The zero-order chi connectivity index (χ0) is 13.4. The lowest BCUT2D eigenvalue weighted by molar-refractivity contribution is -0.153. The summed E-state index contributed by atoms with van der Waals surface area (Å²) in [4.78, 5) is 40.7. The van der Waals surface area contributed by atoms with Crippen molar-refractivity contribution in [2.75, 3.05) is 0 Å². The third-order valence-corrected chi connectivity index (χ3v) is 1.39. The van der Waals surface area contributed by atoms with Crippen LogP contribution in [0.25, 0.3) is 0 Å².